The number of aryl methyl sites for hydroxylation is 1. The van der Waals surface area contributed by atoms with E-state index in [4.69, 9.17) is 4.74 Å². The molecule has 0 fully saturated rings. The molecule has 1 aliphatic carbocycles. The van der Waals surface area contributed by atoms with Crippen molar-refractivity contribution in [3.8, 4) is 0 Å². The Morgan fingerprint density at radius 3 is 3.11 bits per heavy atom. The number of nitrogens with one attached hydrogen (secondary N) is 1. The van der Waals surface area contributed by atoms with Crippen LogP contribution in [-0.4, -0.2) is 22.5 Å². The Hall–Kier alpha value is -2.47. The Balaban J connectivity index is 1.60. The van der Waals surface area contributed by atoms with Gasteiger partial charge in [-0.25, -0.2) is 14.8 Å². The molecule has 1 aromatic carbocycles. The maximum absolute atomic E-state index is 12.2. The molecule has 28 heavy (non-hydrogen) atoms. The maximum Gasteiger partial charge on any atom is 0.338 e. The quantitative estimate of drug-likeness (QED) is 0.440. The van der Waals surface area contributed by atoms with Crippen molar-refractivity contribution >= 4 is 39.0 Å². The van der Waals surface area contributed by atoms with Crippen molar-refractivity contribution in [3.05, 3.63) is 46.6 Å². The SMILES string of the molecule is CCCCOC(=O)c1cccc(Nc2ncnc3sc4c(c23)CCC(C)C4)c1. The highest BCUT2D eigenvalue weighted by Gasteiger charge is 2.23. The summed E-state index contributed by atoms with van der Waals surface area (Å²) in [6.07, 6.45) is 6.88. The first-order chi connectivity index (χ1) is 13.7. The molecule has 1 atom stereocenters. The van der Waals surface area contributed by atoms with Gasteiger partial charge in [0.25, 0.3) is 0 Å². The minimum atomic E-state index is -0.285. The van der Waals surface area contributed by atoms with E-state index in [0.29, 0.717) is 12.2 Å². The van der Waals surface area contributed by atoms with Crippen LogP contribution in [0.5, 0.6) is 0 Å². The number of carbonyl (C=O) groups excluding carboxylic acids is 1. The smallest absolute Gasteiger partial charge is 0.338 e. The Labute approximate surface area is 169 Å². The summed E-state index contributed by atoms with van der Waals surface area (Å²) in [6.45, 7) is 4.84. The van der Waals surface area contributed by atoms with Gasteiger partial charge in [-0.2, -0.15) is 0 Å². The summed E-state index contributed by atoms with van der Waals surface area (Å²) in [7, 11) is 0. The molecule has 4 rings (SSSR count). The second kappa shape index (κ2) is 8.27. The highest BCUT2D eigenvalue weighted by Crippen LogP contribution is 2.40. The van der Waals surface area contributed by atoms with Crippen molar-refractivity contribution in [2.24, 2.45) is 5.92 Å². The molecule has 5 nitrogen and oxygen atoms in total. The molecular formula is C22H25N3O2S. The third kappa shape index (κ3) is 3.87. The van der Waals surface area contributed by atoms with Gasteiger partial charge in [0.15, 0.2) is 0 Å². The van der Waals surface area contributed by atoms with Crippen LogP contribution in [0.25, 0.3) is 10.2 Å². The minimum Gasteiger partial charge on any atom is -0.462 e. The van der Waals surface area contributed by atoms with E-state index in [2.05, 4.69) is 29.1 Å². The average Bonchev–Trinajstić information content (AvgIpc) is 3.06. The van der Waals surface area contributed by atoms with Crippen molar-refractivity contribution < 1.29 is 9.53 Å². The molecular weight excluding hydrogens is 370 g/mol. The number of ether oxygens (including phenoxy) is 1. The van der Waals surface area contributed by atoms with E-state index >= 15 is 0 Å². The first-order valence-electron chi connectivity index (χ1n) is 9.95. The van der Waals surface area contributed by atoms with Crippen LogP contribution in [-0.2, 0) is 17.6 Å². The molecule has 3 aromatic rings. The normalized spacial score (nSPS) is 16.0. The number of hydrogen-bond acceptors (Lipinski definition) is 6. The Morgan fingerprint density at radius 2 is 2.25 bits per heavy atom. The fourth-order valence-electron chi connectivity index (χ4n) is 3.62. The lowest BCUT2D eigenvalue weighted by Gasteiger charge is -2.18. The fourth-order valence-corrected chi connectivity index (χ4v) is 4.97. The average molecular weight is 396 g/mol. The molecule has 0 bridgehead atoms. The van der Waals surface area contributed by atoms with Gasteiger partial charge in [0.05, 0.1) is 17.6 Å². The molecule has 1 N–H and O–H groups in total. The molecule has 1 unspecified atom stereocenters. The number of rotatable bonds is 6. The molecule has 0 amide bonds. The summed E-state index contributed by atoms with van der Waals surface area (Å²) in [4.78, 5) is 23.7. The Morgan fingerprint density at radius 1 is 1.36 bits per heavy atom. The fraction of sp³-hybridized carbons (Fsp3) is 0.409. The topological polar surface area (TPSA) is 64.1 Å². The monoisotopic (exact) mass is 395 g/mol. The second-order valence-corrected chi connectivity index (χ2v) is 8.53. The third-order valence-corrected chi connectivity index (χ3v) is 6.35. The van der Waals surface area contributed by atoms with Gasteiger partial charge in [-0.3, -0.25) is 0 Å². The van der Waals surface area contributed by atoms with Crippen LogP contribution >= 0.6 is 11.3 Å². The van der Waals surface area contributed by atoms with E-state index in [9.17, 15) is 4.79 Å². The van der Waals surface area contributed by atoms with Crippen LogP contribution in [0.4, 0.5) is 11.5 Å². The van der Waals surface area contributed by atoms with E-state index in [0.717, 1.165) is 53.3 Å². The summed E-state index contributed by atoms with van der Waals surface area (Å²) in [6, 6.07) is 7.41. The van der Waals surface area contributed by atoms with Gasteiger partial charge >= 0.3 is 5.97 Å². The van der Waals surface area contributed by atoms with Crippen molar-refractivity contribution in [3.63, 3.8) is 0 Å². The number of carbonyl (C=O) groups is 1. The van der Waals surface area contributed by atoms with Gasteiger partial charge in [0.2, 0.25) is 0 Å². The molecule has 6 heteroatoms. The molecule has 2 aromatic heterocycles. The zero-order chi connectivity index (χ0) is 19.5. The number of benzene rings is 1. The lowest BCUT2D eigenvalue weighted by Crippen LogP contribution is -2.09. The lowest BCUT2D eigenvalue weighted by atomic mass is 9.89. The van der Waals surface area contributed by atoms with Gasteiger partial charge in [-0.05, 0) is 55.4 Å². The Kier molecular flexibility index (Phi) is 5.57. The van der Waals surface area contributed by atoms with E-state index in [-0.39, 0.29) is 5.97 Å². The van der Waals surface area contributed by atoms with Crippen molar-refractivity contribution in [2.45, 2.75) is 46.0 Å². The predicted octanol–water partition coefficient (Wildman–Crippen LogP) is 5.52. The van der Waals surface area contributed by atoms with Crippen molar-refractivity contribution in [2.75, 3.05) is 11.9 Å². The highest BCUT2D eigenvalue weighted by atomic mass is 32.1. The second-order valence-electron chi connectivity index (χ2n) is 7.45. The summed E-state index contributed by atoms with van der Waals surface area (Å²) < 4.78 is 5.33. The van der Waals surface area contributed by atoms with Crippen LogP contribution in [0.2, 0.25) is 0 Å². The van der Waals surface area contributed by atoms with Gasteiger partial charge in [-0.15, -0.1) is 11.3 Å². The first-order valence-corrected chi connectivity index (χ1v) is 10.8. The third-order valence-electron chi connectivity index (χ3n) is 5.18. The van der Waals surface area contributed by atoms with E-state index in [1.54, 1.807) is 23.7 Å². The summed E-state index contributed by atoms with van der Waals surface area (Å²) in [5, 5.41) is 4.53. The zero-order valence-electron chi connectivity index (χ0n) is 16.3. The number of nitrogens with zero attached hydrogens (tertiary/aromatic N) is 2. The van der Waals surface area contributed by atoms with Crippen LogP contribution in [0.15, 0.2) is 30.6 Å². The molecule has 0 saturated carbocycles. The number of fused-ring (bicyclic) bond motifs is 3. The number of anilines is 2. The van der Waals surface area contributed by atoms with Crippen LogP contribution in [0, 0.1) is 5.92 Å². The summed E-state index contributed by atoms with van der Waals surface area (Å²) >= 11 is 1.78. The van der Waals surface area contributed by atoms with Gasteiger partial charge in [-0.1, -0.05) is 26.3 Å². The summed E-state index contributed by atoms with van der Waals surface area (Å²) in [5.74, 6) is 1.25. The number of thiophene rings is 1. The van der Waals surface area contributed by atoms with Crippen molar-refractivity contribution in [1.82, 2.24) is 9.97 Å². The maximum atomic E-state index is 12.2. The van der Waals surface area contributed by atoms with Gasteiger partial charge < -0.3 is 10.1 Å². The summed E-state index contributed by atoms with van der Waals surface area (Å²) in [5.41, 5.74) is 2.76. The molecule has 0 radical (unpaired) electrons. The van der Waals surface area contributed by atoms with E-state index in [1.807, 2.05) is 18.2 Å². The van der Waals surface area contributed by atoms with E-state index < -0.39 is 0 Å². The first kappa shape index (κ1) is 18.9. The van der Waals surface area contributed by atoms with Gasteiger partial charge in [0.1, 0.15) is 17.0 Å². The molecule has 0 aliphatic heterocycles. The number of aromatic nitrogens is 2. The zero-order valence-corrected chi connectivity index (χ0v) is 17.1. The van der Waals surface area contributed by atoms with Crippen LogP contribution in [0.1, 0.15) is 53.9 Å². The Bertz CT molecular complexity index is 999. The molecule has 2 heterocycles. The lowest BCUT2D eigenvalue weighted by molar-refractivity contribution is 0.0500. The van der Waals surface area contributed by atoms with Crippen LogP contribution < -0.4 is 5.32 Å². The number of esters is 1. The predicted molar refractivity (Wildman–Crippen MR) is 114 cm³/mol. The molecule has 0 spiro atoms. The molecule has 1 aliphatic rings. The number of unbranched alkanes of at least 4 members (excludes halogenated alkanes) is 1. The largest absolute Gasteiger partial charge is 0.462 e. The van der Waals surface area contributed by atoms with Crippen molar-refractivity contribution in [1.29, 1.82) is 0 Å². The highest BCUT2D eigenvalue weighted by molar-refractivity contribution is 7.19. The molecule has 146 valence electrons. The van der Waals surface area contributed by atoms with E-state index in [1.165, 1.54) is 16.9 Å². The standard InChI is InChI=1S/C22H25N3O2S/c1-3-4-10-27-22(26)15-6-5-7-16(12-15)25-20-19-17-9-8-14(2)11-18(17)28-21(19)24-13-23-20/h5-7,12-14H,3-4,8-11H2,1-2H3,(H,23,24,25). The number of hydrogen-bond donors (Lipinski definition) is 1. The minimum absolute atomic E-state index is 0.285. The van der Waals surface area contributed by atoms with Gasteiger partial charge in [0, 0.05) is 10.6 Å². The van der Waals surface area contributed by atoms with Crippen LogP contribution in [0.3, 0.4) is 0 Å². The molecule has 0 saturated heterocycles.